The highest BCUT2D eigenvalue weighted by Crippen LogP contribution is 2.62. The molecule has 4 aromatic carbocycles. The Kier molecular flexibility index (Phi) is 11.2. The summed E-state index contributed by atoms with van der Waals surface area (Å²) in [5, 5.41) is 0. The van der Waals surface area contributed by atoms with E-state index in [1.165, 1.54) is 0 Å². The monoisotopic (exact) mass is 737 g/mol. The highest BCUT2D eigenvalue weighted by atomic mass is 31.2. The molecule has 7 rings (SSSR count). The molecule has 5 nitrogen and oxygen atoms in total. The molecule has 2 aliphatic carbocycles. The van der Waals surface area contributed by atoms with Crippen LogP contribution in [0.25, 0.3) is 0 Å². The van der Waals surface area contributed by atoms with Crippen molar-refractivity contribution in [3.8, 4) is 0 Å². The van der Waals surface area contributed by atoms with E-state index in [4.69, 9.17) is 13.6 Å². The topological polar surface area (TPSA) is 57.7 Å². The second-order valence-corrected chi connectivity index (χ2v) is 15.4. The Hall–Kier alpha value is -4.20. The van der Waals surface area contributed by atoms with E-state index >= 15 is 13.2 Å². The Balaban J connectivity index is 1.19. The number of carbonyl (C=O) groups is 1. The number of nitrogens with zero attached hydrogens (tertiary/aromatic N) is 1. The van der Waals surface area contributed by atoms with Crippen molar-refractivity contribution in [2.45, 2.75) is 82.3 Å². The number of rotatable bonds is 13. The molecule has 2 aliphatic rings. The van der Waals surface area contributed by atoms with Crippen LogP contribution in [0.5, 0.6) is 0 Å². The van der Waals surface area contributed by atoms with Gasteiger partial charge in [0.15, 0.2) is 11.4 Å². The van der Waals surface area contributed by atoms with Gasteiger partial charge in [-0.1, -0.05) is 109 Å². The summed E-state index contributed by atoms with van der Waals surface area (Å²) in [7, 11) is -2.38. The van der Waals surface area contributed by atoms with Crippen LogP contribution in [-0.4, -0.2) is 22.5 Å². The molecule has 0 aliphatic heterocycles. The highest BCUT2D eigenvalue weighted by Gasteiger charge is 2.64. The zero-order valence-electron chi connectivity index (χ0n) is 29.7. The number of halogens is 3. The van der Waals surface area contributed by atoms with E-state index in [-0.39, 0.29) is 50.6 Å². The minimum atomic E-state index is -4.67. The third kappa shape index (κ3) is 8.32. The number of carbonyl (C=O) groups excluding carboxylic acids is 1. The Labute approximate surface area is 310 Å². The maximum atomic E-state index is 15.6. The van der Waals surface area contributed by atoms with Crippen molar-refractivity contribution in [1.82, 2.24) is 4.98 Å². The summed E-state index contributed by atoms with van der Waals surface area (Å²) < 4.78 is 65.0. The molecule has 0 radical (unpaired) electrons. The number of aryl methyl sites for hydroxylation is 2. The van der Waals surface area contributed by atoms with Gasteiger partial charge in [-0.3, -0.25) is 14.3 Å². The van der Waals surface area contributed by atoms with Crippen molar-refractivity contribution < 1.29 is 31.5 Å². The maximum Gasteiger partial charge on any atom is 0.417 e. The number of fused-ring (bicyclic) bond motifs is 3. The first-order chi connectivity index (χ1) is 25.6. The number of alkyl halides is 3. The lowest BCUT2D eigenvalue weighted by Crippen LogP contribution is -2.57. The number of ketones is 1. The molecule has 1 saturated carbocycles. The van der Waals surface area contributed by atoms with Crippen molar-refractivity contribution >= 4 is 14.4 Å². The first-order valence-electron chi connectivity index (χ1n) is 18.1. The van der Waals surface area contributed by atoms with Gasteiger partial charge < -0.3 is 9.05 Å². The fraction of sp³-hybridized carbons (Fsp3) is 0.318. The molecule has 0 unspecified atom stereocenters. The van der Waals surface area contributed by atoms with Gasteiger partial charge in [0.05, 0.1) is 13.2 Å². The first-order valence-corrected chi connectivity index (χ1v) is 19.2. The molecule has 274 valence electrons. The van der Waals surface area contributed by atoms with E-state index in [9.17, 15) is 4.79 Å². The van der Waals surface area contributed by atoms with Gasteiger partial charge in [0.2, 0.25) is 0 Å². The van der Waals surface area contributed by atoms with Crippen molar-refractivity contribution in [3.05, 3.63) is 172 Å². The molecule has 1 fully saturated rings. The van der Waals surface area contributed by atoms with Gasteiger partial charge in [-0.25, -0.2) is 0 Å². The normalized spacial score (nSPS) is 21.2. The third-order valence-corrected chi connectivity index (χ3v) is 12.2. The van der Waals surface area contributed by atoms with Crippen LogP contribution in [0.15, 0.2) is 128 Å². The second-order valence-electron chi connectivity index (χ2n) is 14.3. The van der Waals surface area contributed by atoms with Gasteiger partial charge in [-0.15, -0.1) is 0 Å². The highest BCUT2D eigenvalue weighted by molar-refractivity contribution is 7.41. The number of benzene rings is 4. The molecule has 0 N–H and O–H groups in total. The summed E-state index contributed by atoms with van der Waals surface area (Å²) in [5.41, 5.74) is 4.05. The second kappa shape index (κ2) is 16.0. The smallest absolute Gasteiger partial charge is 0.307 e. The van der Waals surface area contributed by atoms with E-state index in [2.05, 4.69) is 4.98 Å². The van der Waals surface area contributed by atoms with Crippen molar-refractivity contribution in [2.24, 2.45) is 5.92 Å². The zero-order chi connectivity index (χ0) is 36.9. The fourth-order valence-corrected chi connectivity index (χ4v) is 9.39. The van der Waals surface area contributed by atoms with Gasteiger partial charge in [0.25, 0.3) is 0 Å². The van der Waals surface area contributed by atoms with Crippen LogP contribution in [0.3, 0.4) is 0 Å². The summed E-state index contributed by atoms with van der Waals surface area (Å²) in [6.45, 7) is 2.02. The van der Waals surface area contributed by atoms with Crippen LogP contribution in [-0.2, 0) is 51.5 Å². The molecule has 1 heterocycles. The summed E-state index contributed by atoms with van der Waals surface area (Å²) in [5.74, 6) is -0.346. The van der Waals surface area contributed by atoms with Gasteiger partial charge in [0.1, 0.15) is 0 Å². The maximum absolute atomic E-state index is 15.6. The summed E-state index contributed by atoms with van der Waals surface area (Å²) in [6, 6.07) is 38.2. The average Bonchev–Trinajstić information content (AvgIpc) is 3.17. The van der Waals surface area contributed by atoms with E-state index in [1.807, 2.05) is 128 Å². The number of aromatic nitrogens is 1. The molecule has 0 bridgehead atoms. The van der Waals surface area contributed by atoms with Gasteiger partial charge in [-0.05, 0) is 96.9 Å². The largest absolute Gasteiger partial charge is 0.417 e. The van der Waals surface area contributed by atoms with Crippen molar-refractivity contribution in [1.29, 1.82) is 0 Å². The number of hydrogen-bond donors (Lipinski definition) is 0. The molecule has 1 aromatic heterocycles. The molecule has 3 atom stereocenters. The molecule has 5 aromatic rings. The van der Waals surface area contributed by atoms with Gasteiger partial charge >= 0.3 is 14.8 Å². The van der Waals surface area contributed by atoms with Crippen molar-refractivity contribution in [3.63, 3.8) is 0 Å². The van der Waals surface area contributed by atoms with Crippen LogP contribution in [0.1, 0.15) is 75.1 Å². The lowest BCUT2D eigenvalue weighted by molar-refractivity contribution is -0.271. The molecular formula is C44H43F3NO4P. The fourth-order valence-electron chi connectivity index (χ4n) is 8.14. The first kappa shape index (κ1) is 37.1. The lowest BCUT2D eigenvalue weighted by Gasteiger charge is -2.55. The number of pyridine rings is 1. The van der Waals surface area contributed by atoms with E-state index in [0.717, 1.165) is 39.1 Å². The van der Waals surface area contributed by atoms with Crippen LogP contribution in [0.2, 0.25) is 0 Å². The molecule has 0 spiro atoms. The van der Waals surface area contributed by atoms with E-state index in [0.29, 0.717) is 24.8 Å². The van der Waals surface area contributed by atoms with E-state index in [1.54, 1.807) is 6.20 Å². The molecule has 0 saturated heterocycles. The Morgan fingerprint density at radius 1 is 0.811 bits per heavy atom. The lowest BCUT2D eigenvalue weighted by atomic mass is 9.52. The summed E-state index contributed by atoms with van der Waals surface area (Å²) in [4.78, 5) is 17.8. The summed E-state index contributed by atoms with van der Waals surface area (Å²) in [6.07, 6.45) is -1.23. The third-order valence-electron chi connectivity index (χ3n) is 11.0. The standard InChI is InChI=1S/C44H43F3NO4P/c1-32-36(18-11-25-48-32)27-41(49)38-20-22-40-37(26-38)19-21-39-29-43(44(45,46)47,24-23-42(39,40)28-33-12-5-2-6-13-33)52-53(50-30-34-14-7-3-8-15-34)51-31-35-16-9-4-10-17-35/h2-18,20,22,25-26,39H,19,21,23-24,27-31H2,1H3/t39-,42+,43-/m1/s1. The quantitative estimate of drug-likeness (QED) is 0.0889. The van der Waals surface area contributed by atoms with Gasteiger partial charge in [-0.2, -0.15) is 13.2 Å². The predicted molar refractivity (Wildman–Crippen MR) is 200 cm³/mol. The Morgan fingerprint density at radius 3 is 2.04 bits per heavy atom. The minimum Gasteiger partial charge on any atom is -0.307 e. The molecule has 53 heavy (non-hydrogen) atoms. The van der Waals surface area contributed by atoms with Crippen LogP contribution < -0.4 is 0 Å². The SMILES string of the molecule is Cc1ncccc1CC(=O)c1ccc2c(c1)CC[C@@H]1C[C@@](OP(OCc3ccccc3)OCc3ccccc3)(C(F)(F)F)CC[C@@]21Cc1ccccc1. The van der Waals surface area contributed by atoms with E-state index < -0.39 is 25.8 Å². The Morgan fingerprint density at radius 2 is 1.43 bits per heavy atom. The van der Waals surface area contributed by atoms with Crippen LogP contribution in [0, 0.1) is 12.8 Å². The van der Waals surface area contributed by atoms with Gasteiger partial charge in [0, 0.05) is 29.3 Å². The number of Topliss-reactive ketones (excluding diaryl/α,β-unsaturated/α-hetero) is 1. The zero-order valence-corrected chi connectivity index (χ0v) is 30.6. The minimum absolute atomic E-state index is 0.00405. The van der Waals surface area contributed by atoms with Crippen molar-refractivity contribution in [2.75, 3.05) is 0 Å². The molecule has 9 heteroatoms. The van der Waals surface area contributed by atoms with Crippen LogP contribution in [0.4, 0.5) is 13.2 Å². The molecule has 0 amide bonds. The Bertz CT molecular complexity index is 1950. The predicted octanol–water partition coefficient (Wildman–Crippen LogP) is 11.0. The average molecular weight is 738 g/mol. The number of hydrogen-bond acceptors (Lipinski definition) is 5. The van der Waals surface area contributed by atoms with Crippen LogP contribution >= 0.6 is 8.60 Å². The molecular weight excluding hydrogens is 694 g/mol. The summed E-state index contributed by atoms with van der Waals surface area (Å²) >= 11 is 0.